The van der Waals surface area contributed by atoms with E-state index in [0.29, 0.717) is 38.2 Å². The third-order valence-electron chi connectivity index (χ3n) is 5.04. The van der Waals surface area contributed by atoms with Gasteiger partial charge in [0, 0.05) is 5.92 Å². The van der Waals surface area contributed by atoms with Crippen molar-refractivity contribution >= 4 is 11.9 Å². The number of hydrogen-bond donors (Lipinski definition) is 2. The lowest BCUT2D eigenvalue weighted by Gasteiger charge is -2.31. The second-order valence-electron chi connectivity index (χ2n) is 8.23. The summed E-state index contributed by atoms with van der Waals surface area (Å²) in [5, 5.41) is 12.2. The Labute approximate surface area is 156 Å². The number of nitrogens with one attached hydrogen (secondary N) is 1. The minimum absolute atomic E-state index is 0.0129. The Bertz CT molecular complexity index is 613. The maximum Gasteiger partial charge on any atom is 0.306 e. The predicted molar refractivity (Wildman–Crippen MR) is 101 cm³/mol. The van der Waals surface area contributed by atoms with E-state index in [1.54, 1.807) is 0 Å². The number of benzene rings is 1. The molecule has 0 unspecified atom stereocenters. The van der Waals surface area contributed by atoms with Crippen molar-refractivity contribution in [3.8, 4) is 5.75 Å². The van der Waals surface area contributed by atoms with Crippen molar-refractivity contribution in [3.63, 3.8) is 0 Å². The first-order chi connectivity index (χ1) is 12.2. The van der Waals surface area contributed by atoms with Gasteiger partial charge in [0.2, 0.25) is 5.91 Å². The van der Waals surface area contributed by atoms with E-state index in [0.717, 1.165) is 11.3 Å². The number of ether oxygens (including phenoxy) is 1. The highest BCUT2D eigenvalue weighted by atomic mass is 16.5. The molecule has 0 aliphatic heterocycles. The van der Waals surface area contributed by atoms with Gasteiger partial charge in [-0.15, -0.1) is 0 Å². The largest absolute Gasteiger partial charge is 0.493 e. The van der Waals surface area contributed by atoms with Crippen LogP contribution in [0.25, 0.3) is 0 Å². The van der Waals surface area contributed by atoms with Crippen LogP contribution in [0.3, 0.4) is 0 Å². The van der Waals surface area contributed by atoms with Gasteiger partial charge in [0.25, 0.3) is 0 Å². The predicted octanol–water partition coefficient (Wildman–Crippen LogP) is 3.96. The highest BCUT2D eigenvalue weighted by Gasteiger charge is 2.32. The van der Waals surface area contributed by atoms with Gasteiger partial charge in [0.05, 0.1) is 18.1 Å². The van der Waals surface area contributed by atoms with Gasteiger partial charge in [-0.3, -0.25) is 9.59 Å². The Hall–Kier alpha value is -2.04. The van der Waals surface area contributed by atoms with Gasteiger partial charge in [-0.05, 0) is 63.1 Å². The first-order valence-electron chi connectivity index (χ1n) is 9.47. The number of amides is 1. The van der Waals surface area contributed by atoms with E-state index in [4.69, 9.17) is 9.84 Å². The van der Waals surface area contributed by atoms with Crippen LogP contribution >= 0.6 is 0 Å². The molecule has 2 N–H and O–H groups in total. The van der Waals surface area contributed by atoms with Crippen LogP contribution in [0.5, 0.6) is 5.75 Å². The van der Waals surface area contributed by atoms with Crippen LogP contribution in [-0.2, 0) is 15.1 Å². The minimum Gasteiger partial charge on any atom is -0.493 e. The molecule has 144 valence electrons. The molecule has 26 heavy (non-hydrogen) atoms. The lowest BCUT2D eigenvalue weighted by molar-refractivity contribution is -0.144. The summed E-state index contributed by atoms with van der Waals surface area (Å²) in [6.45, 7) is 8.86. The summed E-state index contributed by atoms with van der Waals surface area (Å²) < 4.78 is 5.71. The van der Waals surface area contributed by atoms with Crippen LogP contribution in [0.1, 0.15) is 58.9 Å². The van der Waals surface area contributed by atoms with Crippen LogP contribution in [-0.4, -0.2) is 23.6 Å². The number of carbonyl (C=O) groups is 2. The molecule has 0 atom stereocenters. The molecule has 0 bridgehead atoms. The molecule has 2 rings (SSSR count). The summed E-state index contributed by atoms with van der Waals surface area (Å²) in [5.41, 5.74) is 0.527. The molecule has 1 aliphatic carbocycles. The van der Waals surface area contributed by atoms with Crippen molar-refractivity contribution < 1.29 is 19.4 Å². The fraction of sp³-hybridized carbons (Fsp3) is 0.619. The molecule has 0 spiro atoms. The van der Waals surface area contributed by atoms with E-state index in [2.05, 4.69) is 19.2 Å². The van der Waals surface area contributed by atoms with Gasteiger partial charge in [0.15, 0.2) is 0 Å². The number of carboxylic acids is 1. The summed E-state index contributed by atoms with van der Waals surface area (Å²) in [6, 6.07) is 7.84. The highest BCUT2D eigenvalue weighted by Crippen LogP contribution is 2.30. The molecule has 1 aromatic rings. The first-order valence-corrected chi connectivity index (χ1v) is 9.47. The first kappa shape index (κ1) is 20.3. The zero-order valence-electron chi connectivity index (χ0n) is 16.2. The maximum absolute atomic E-state index is 12.6. The topological polar surface area (TPSA) is 75.6 Å². The smallest absolute Gasteiger partial charge is 0.306 e. The van der Waals surface area contributed by atoms with Gasteiger partial charge in [-0.1, -0.05) is 26.0 Å². The molecule has 0 heterocycles. The maximum atomic E-state index is 12.6. The number of aliphatic carboxylic acids is 1. The van der Waals surface area contributed by atoms with E-state index in [1.807, 2.05) is 38.1 Å². The lowest BCUT2D eigenvalue weighted by Crippen LogP contribution is -2.45. The third kappa shape index (κ3) is 5.48. The van der Waals surface area contributed by atoms with Crippen molar-refractivity contribution in [1.82, 2.24) is 5.32 Å². The average Bonchev–Trinajstić information content (AvgIpc) is 2.60. The highest BCUT2D eigenvalue weighted by molar-refractivity contribution is 5.80. The van der Waals surface area contributed by atoms with Gasteiger partial charge in [-0.25, -0.2) is 0 Å². The average molecular weight is 361 g/mol. The Morgan fingerprint density at radius 1 is 1.12 bits per heavy atom. The van der Waals surface area contributed by atoms with E-state index in [1.165, 1.54) is 0 Å². The van der Waals surface area contributed by atoms with Gasteiger partial charge >= 0.3 is 5.97 Å². The molecule has 0 saturated heterocycles. The second-order valence-corrected chi connectivity index (χ2v) is 8.23. The van der Waals surface area contributed by atoms with Gasteiger partial charge in [0.1, 0.15) is 5.75 Å². The zero-order chi connectivity index (χ0) is 19.3. The molecule has 1 saturated carbocycles. The Balaban J connectivity index is 1.93. The number of hydrogen-bond acceptors (Lipinski definition) is 3. The Kier molecular flexibility index (Phi) is 6.68. The summed E-state index contributed by atoms with van der Waals surface area (Å²) in [4.78, 5) is 23.7. The van der Waals surface area contributed by atoms with E-state index >= 15 is 0 Å². The lowest BCUT2D eigenvalue weighted by atomic mass is 9.81. The monoisotopic (exact) mass is 361 g/mol. The Morgan fingerprint density at radius 2 is 1.65 bits per heavy atom. The molecule has 1 aliphatic rings. The summed E-state index contributed by atoms with van der Waals surface area (Å²) >= 11 is 0. The molecule has 0 aromatic heterocycles. The molecule has 0 radical (unpaired) electrons. The molecular weight excluding hydrogens is 330 g/mol. The second kappa shape index (κ2) is 8.56. The van der Waals surface area contributed by atoms with E-state index in [-0.39, 0.29) is 17.7 Å². The van der Waals surface area contributed by atoms with Crippen molar-refractivity contribution in [2.75, 3.05) is 6.61 Å². The molecule has 5 heteroatoms. The minimum atomic E-state index is -0.746. The van der Waals surface area contributed by atoms with Gasteiger partial charge < -0.3 is 15.2 Å². The normalized spacial score (nSPS) is 20.7. The van der Waals surface area contributed by atoms with Crippen LogP contribution in [0.2, 0.25) is 0 Å². The number of rotatable bonds is 7. The van der Waals surface area contributed by atoms with Crippen LogP contribution in [0.15, 0.2) is 24.3 Å². The van der Waals surface area contributed by atoms with Crippen LogP contribution in [0.4, 0.5) is 0 Å². The van der Waals surface area contributed by atoms with Crippen LogP contribution < -0.4 is 10.1 Å². The summed E-state index contributed by atoms with van der Waals surface area (Å²) in [6.07, 6.45) is 2.44. The summed E-state index contributed by atoms with van der Waals surface area (Å²) in [7, 11) is 0. The Morgan fingerprint density at radius 3 is 2.15 bits per heavy atom. The fourth-order valence-corrected chi connectivity index (χ4v) is 3.32. The molecular formula is C21H31NO4. The van der Waals surface area contributed by atoms with Gasteiger partial charge in [-0.2, -0.15) is 0 Å². The molecule has 1 fully saturated rings. The standard InChI is InChI=1S/C21H31NO4/c1-14(2)13-26-18-11-9-17(10-12-18)21(3,4)22-19(23)15-5-7-16(8-6-15)20(24)25/h9-12,14-16H,5-8,13H2,1-4H3,(H,22,23)(H,24,25). The fourth-order valence-electron chi connectivity index (χ4n) is 3.32. The van der Waals surface area contributed by atoms with Crippen molar-refractivity contribution in [1.29, 1.82) is 0 Å². The van der Waals surface area contributed by atoms with Crippen molar-refractivity contribution in [2.24, 2.45) is 17.8 Å². The van der Waals surface area contributed by atoms with Crippen molar-refractivity contribution in [3.05, 3.63) is 29.8 Å². The number of carboxylic acid groups (broad SMARTS) is 1. The van der Waals surface area contributed by atoms with E-state index in [9.17, 15) is 9.59 Å². The van der Waals surface area contributed by atoms with Crippen molar-refractivity contribution in [2.45, 2.75) is 58.9 Å². The quantitative estimate of drug-likeness (QED) is 0.771. The molecule has 5 nitrogen and oxygen atoms in total. The summed E-state index contributed by atoms with van der Waals surface area (Å²) in [5.74, 6) is 0.171. The molecule has 1 amide bonds. The van der Waals surface area contributed by atoms with E-state index < -0.39 is 11.5 Å². The zero-order valence-corrected chi connectivity index (χ0v) is 16.2. The molecule has 1 aromatic carbocycles. The third-order valence-corrected chi connectivity index (χ3v) is 5.04. The number of carbonyl (C=O) groups excluding carboxylic acids is 1. The SMILES string of the molecule is CC(C)COc1ccc(C(C)(C)NC(=O)C2CCC(C(=O)O)CC2)cc1. The van der Waals surface area contributed by atoms with Crippen LogP contribution in [0, 0.1) is 17.8 Å².